The Morgan fingerprint density at radius 2 is 1.60 bits per heavy atom. The third kappa shape index (κ3) is 4.63. The number of amides is 1. The first-order valence-electron chi connectivity index (χ1n) is 9.03. The number of carbonyl (C=O) groups excluding carboxylic acids is 1. The number of benzene rings is 1. The molecule has 3 rings (SSSR count). The number of carbonyl (C=O) groups is 1. The van der Waals surface area contributed by atoms with Crippen LogP contribution in [0.15, 0.2) is 33.6 Å². The molecule has 1 amide bonds. The summed E-state index contributed by atoms with van der Waals surface area (Å²) in [6.07, 6.45) is 6.97. The van der Waals surface area contributed by atoms with Crippen LogP contribution in [0.5, 0.6) is 0 Å². The Morgan fingerprint density at radius 3 is 2.20 bits per heavy atom. The van der Waals surface area contributed by atoms with Crippen molar-refractivity contribution in [3.8, 4) is 0 Å². The van der Waals surface area contributed by atoms with Crippen molar-refractivity contribution in [3.63, 3.8) is 0 Å². The molecule has 2 aliphatic rings. The first-order valence-corrected chi connectivity index (χ1v) is 11.3. The minimum Gasteiger partial charge on any atom is -0.353 e. The lowest BCUT2D eigenvalue weighted by molar-refractivity contribution is -0.127. The molecule has 25 heavy (non-hydrogen) atoms. The molecular formula is C18H25BrN2O3S. The average Bonchev–Trinajstić information content (AvgIpc) is 2.63. The zero-order chi connectivity index (χ0) is 17.9. The summed E-state index contributed by atoms with van der Waals surface area (Å²) in [5, 5.41) is 3.17. The summed E-state index contributed by atoms with van der Waals surface area (Å²) >= 11 is 3.32. The molecular weight excluding hydrogens is 404 g/mol. The van der Waals surface area contributed by atoms with E-state index < -0.39 is 10.0 Å². The van der Waals surface area contributed by atoms with Crippen molar-refractivity contribution in [3.05, 3.63) is 28.7 Å². The highest BCUT2D eigenvalue weighted by atomic mass is 79.9. The van der Waals surface area contributed by atoms with Crippen LogP contribution in [0.2, 0.25) is 0 Å². The number of sulfonamides is 1. The Hall–Kier alpha value is -0.920. The van der Waals surface area contributed by atoms with Gasteiger partial charge in [0.2, 0.25) is 15.9 Å². The number of hydrogen-bond acceptors (Lipinski definition) is 3. The van der Waals surface area contributed by atoms with Crippen molar-refractivity contribution < 1.29 is 13.2 Å². The number of halogens is 1. The van der Waals surface area contributed by atoms with Crippen molar-refractivity contribution in [1.82, 2.24) is 9.62 Å². The fourth-order valence-electron chi connectivity index (χ4n) is 3.68. The fraction of sp³-hybridized carbons (Fsp3) is 0.611. The number of nitrogens with zero attached hydrogens (tertiary/aromatic N) is 1. The largest absolute Gasteiger partial charge is 0.353 e. The van der Waals surface area contributed by atoms with E-state index in [-0.39, 0.29) is 11.8 Å². The molecule has 0 atom stereocenters. The van der Waals surface area contributed by atoms with Crippen LogP contribution in [0.1, 0.15) is 44.9 Å². The van der Waals surface area contributed by atoms with Gasteiger partial charge in [0.25, 0.3) is 0 Å². The second kappa shape index (κ2) is 8.18. The summed E-state index contributed by atoms with van der Waals surface area (Å²) in [7, 11) is -3.47. The maximum Gasteiger partial charge on any atom is 0.243 e. The smallest absolute Gasteiger partial charge is 0.243 e. The van der Waals surface area contributed by atoms with Gasteiger partial charge in [-0.05, 0) is 49.9 Å². The van der Waals surface area contributed by atoms with Gasteiger partial charge < -0.3 is 5.32 Å². The van der Waals surface area contributed by atoms with Crippen LogP contribution in [-0.2, 0) is 14.8 Å². The average molecular weight is 429 g/mol. The number of hydrogen-bond donors (Lipinski definition) is 1. The highest BCUT2D eigenvalue weighted by Crippen LogP contribution is 2.26. The van der Waals surface area contributed by atoms with Crippen molar-refractivity contribution in [2.24, 2.45) is 5.92 Å². The van der Waals surface area contributed by atoms with Gasteiger partial charge in [0.1, 0.15) is 0 Å². The van der Waals surface area contributed by atoms with Crippen LogP contribution in [-0.4, -0.2) is 37.8 Å². The summed E-state index contributed by atoms with van der Waals surface area (Å²) in [4.78, 5) is 12.8. The molecule has 1 N–H and O–H groups in total. The first kappa shape index (κ1) is 18.9. The van der Waals surface area contributed by atoms with E-state index in [1.54, 1.807) is 24.3 Å². The van der Waals surface area contributed by atoms with E-state index >= 15 is 0 Å². The summed E-state index contributed by atoms with van der Waals surface area (Å²) in [6, 6.07) is 7.00. The zero-order valence-electron chi connectivity index (χ0n) is 14.3. The second-order valence-corrected chi connectivity index (χ2v) is 9.83. The van der Waals surface area contributed by atoms with Gasteiger partial charge in [-0.1, -0.05) is 35.2 Å². The summed E-state index contributed by atoms with van der Waals surface area (Å²) < 4.78 is 27.8. The van der Waals surface area contributed by atoms with Crippen molar-refractivity contribution in [2.45, 2.75) is 55.9 Å². The molecule has 1 aliphatic heterocycles. The highest BCUT2D eigenvalue weighted by Gasteiger charge is 2.32. The molecule has 7 heteroatoms. The number of piperidine rings is 1. The van der Waals surface area contributed by atoms with E-state index in [4.69, 9.17) is 0 Å². The normalized spacial score (nSPS) is 21.2. The van der Waals surface area contributed by atoms with Gasteiger partial charge in [-0.15, -0.1) is 0 Å². The molecule has 1 saturated carbocycles. The van der Waals surface area contributed by atoms with Crippen LogP contribution in [0.3, 0.4) is 0 Å². The van der Waals surface area contributed by atoms with Crippen LogP contribution in [0.25, 0.3) is 0 Å². The van der Waals surface area contributed by atoms with Crippen molar-refractivity contribution >= 4 is 31.9 Å². The molecule has 0 radical (unpaired) electrons. The molecule has 1 aromatic rings. The Labute approximate surface area is 158 Å². The molecule has 5 nitrogen and oxygen atoms in total. The lowest BCUT2D eigenvalue weighted by Gasteiger charge is -2.32. The van der Waals surface area contributed by atoms with Crippen LogP contribution in [0.4, 0.5) is 0 Å². The Balaban J connectivity index is 1.55. The molecule has 0 spiro atoms. The van der Waals surface area contributed by atoms with Crippen LogP contribution < -0.4 is 5.32 Å². The molecule has 1 aromatic carbocycles. The summed E-state index contributed by atoms with van der Waals surface area (Å²) in [5.41, 5.74) is 0. The van der Waals surface area contributed by atoms with Crippen LogP contribution in [0, 0.1) is 5.92 Å². The molecule has 0 unspecified atom stereocenters. The summed E-state index contributed by atoms with van der Waals surface area (Å²) in [5.74, 6) is 0.0332. The SMILES string of the molecule is O=C(NC1CCCCC1)C1CCN(S(=O)(=O)c2ccc(Br)cc2)CC1. The Morgan fingerprint density at radius 1 is 1.00 bits per heavy atom. The highest BCUT2D eigenvalue weighted by molar-refractivity contribution is 9.10. The minimum atomic E-state index is -3.47. The Bertz CT molecular complexity index is 692. The van der Waals surface area contributed by atoms with Gasteiger partial charge in [-0.3, -0.25) is 4.79 Å². The molecule has 0 aromatic heterocycles. The van der Waals surface area contributed by atoms with Gasteiger partial charge in [0, 0.05) is 29.5 Å². The molecule has 2 fully saturated rings. The van der Waals surface area contributed by atoms with E-state index in [1.165, 1.54) is 23.6 Å². The van der Waals surface area contributed by atoms with Gasteiger partial charge in [0.15, 0.2) is 0 Å². The zero-order valence-corrected chi connectivity index (χ0v) is 16.7. The Kier molecular flexibility index (Phi) is 6.17. The molecule has 0 bridgehead atoms. The minimum absolute atomic E-state index is 0.0710. The fourth-order valence-corrected chi connectivity index (χ4v) is 5.41. The lowest BCUT2D eigenvalue weighted by atomic mass is 9.93. The van der Waals surface area contributed by atoms with Gasteiger partial charge in [0.05, 0.1) is 4.90 Å². The quantitative estimate of drug-likeness (QED) is 0.799. The molecule has 1 saturated heterocycles. The van der Waals surface area contributed by atoms with Crippen LogP contribution >= 0.6 is 15.9 Å². The first-order chi connectivity index (χ1) is 12.0. The van der Waals surface area contributed by atoms with E-state index in [1.807, 2.05) is 0 Å². The van der Waals surface area contributed by atoms with Crippen molar-refractivity contribution in [1.29, 1.82) is 0 Å². The maximum atomic E-state index is 12.7. The third-order valence-electron chi connectivity index (χ3n) is 5.23. The monoisotopic (exact) mass is 428 g/mol. The standard InChI is InChI=1S/C18H25BrN2O3S/c19-15-6-8-17(9-7-15)25(23,24)21-12-10-14(11-13-21)18(22)20-16-4-2-1-3-5-16/h6-9,14,16H,1-5,10-13H2,(H,20,22). The predicted octanol–water partition coefficient (Wildman–Crippen LogP) is 3.30. The molecule has 1 heterocycles. The second-order valence-electron chi connectivity index (χ2n) is 6.98. The van der Waals surface area contributed by atoms with E-state index in [0.717, 1.165) is 17.3 Å². The van der Waals surface area contributed by atoms with E-state index in [9.17, 15) is 13.2 Å². The van der Waals surface area contributed by atoms with Gasteiger partial charge >= 0.3 is 0 Å². The van der Waals surface area contributed by atoms with Gasteiger partial charge in [-0.2, -0.15) is 4.31 Å². The van der Waals surface area contributed by atoms with E-state index in [0.29, 0.717) is 36.9 Å². The lowest BCUT2D eigenvalue weighted by Crippen LogP contribution is -2.45. The predicted molar refractivity (Wildman–Crippen MR) is 101 cm³/mol. The molecule has 138 valence electrons. The third-order valence-corrected chi connectivity index (χ3v) is 7.67. The maximum absolute atomic E-state index is 12.7. The summed E-state index contributed by atoms with van der Waals surface area (Å²) in [6.45, 7) is 0.808. The topological polar surface area (TPSA) is 66.5 Å². The molecule has 1 aliphatic carbocycles. The van der Waals surface area contributed by atoms with Crippen molar-refractivity contribution in [2.75, 3.05) is 13.1 Å². The number of nitrogens with one attached hydrogen (secondary N) is 1. The van der Waals surface area contributed by atoms with E-state index in [2.05, 4.69) is 21.2 Å². The number of rotatable bonds is 4. The van der Waals surface area contributed by atoms with Gasteiger partial charge in [-0.25, -0.2) is 8.42 Å².